The number of piperidine rings is 3. The van der Waals surface area contributed by atoms with Crippen molar-refractivity contribution in [2.24, 2.45) is 5.92 Å². The largest absolute Gasteiger partial charge is 0.348 e. The molecule has 138 valence electrons. The molecule has 3 fully saturated rings. The van der Waals surface area contributed by atoms with Gasteiger partial charge >= 0.3 is 0 Å². The van der Waals surface area contributed by atoms with Gasteiger partial charge in [0.1, 0.15) is 11.9 Å². The summed E-state index contributed by atoms with van der Waals surface area (Å²) in [5.41, 5.74) is 1.87. The topological polar surface area (TPSA) is 56.1 Å². The maximum absolute atomic E-state index is 14.2. The van der Waals surface area contributed by atoms with Crippen molar-refractivity contribution in [2.45, 2.75) is 18.9 Å². The van der Waals surface area contributed by atoms with Crippen LogP contribution in [0, 0.1) is 23.1 Å². The zero-order valence-electron chi connectivity index (χ0n) is 14.7. The van der Waals surface area contributed by atoms with Gasteiger partial charge in [-0.2, -0.15) is 5.26 Å². The van der Waals surface area contributed by atoms with Crippen LogP contribution in [0.3, 0.4) is 0 Å². The van der Waals surface area contributed by atoms with E-state index in [0.29, 0.717) is 33.2 Å². The molecule has 1 N–H and O–H groups in total. The molecule has 5 rings (SSSR count). The first-order valence-electron chi connectivity index (χ1n) is 9.07. The predicted molar refractivity (Wildman–Crippen MR) is 102 cm³/mol. The molecular weight excluding hydrogens is 365 g/mol. The summed E-state index contributed by atoms with van der Waals surface area (Å²) in [4.78, 5) is 15.1. The summed E-state index contributed by atoms with van der Waals surface area (Å²) in [6.45, 7) is 3.06. The Morgan fingerprint density at radius 2 is 1.96 bits per heavy atom. The third-order valence-corrected chi connectivity index (χ3v) is 5.87. The molecule has 2 aromatic carbocycles. The highest BCUT2D eigenvalue weighted by molar-refractivity contribution is 6.32. The first-order chi connectivity index (χ1) is 13.0. The van der Waals surface area contributed by atoms with Crippen molar-refractivity contribution in [2.75, 3.05) is 19.6 Å². The molecule has 1 atom stereocenters. The van der Waals surface area contributed by atoms with Crippen molar-refractivity contribution in [1.29, 1.82) is 5.26 Å². The van der Waals surface area contributed by atoms with Gasteiger partial charge < -0.3 is 10.2 Å². The van der Waals surface area contributed by atoms with E-state index in [0.717, 1.165) is 32.5 Å². The molecule has 3 saturated heterocycles. The van der Waals surface area contributed by atoms with E-state index in [1.54, 1.807) is 24.3 Å². The SMILES string of the molecule is N#Cc1ccc(-c2cc(F)cc(C(=O)NC3CN4CCC3CC4)c2)cc1Cl. The number of nitriles is 1. The molecule has 3 heterocycles. The highest BCUT2D eigenvalue weighted by Gasteiger charge is 2.35. The smallest absolute Gasteiger partial charge is 0.251 e. The zero-order valence-corrected chi connectivity index (χ0v) is 15.5. The van der Waals surface area contributed by atoms with Crippen LogP contribution in [0.4, 0.5) is 4.39 Å². The number of carbonyl (C=O) groups excluding carboxylic acids is 1. The summed E-state index contributed by atoms with van der Waals surface area (Å²) in [6, 6.07) is 11.3. The van der Waals surface area contributed by atoms with Gasteiger partial charge in [-0.05, 0) is 73.3 Å². The molecule has 3 aliphatic heterocycles. The summed E-state index contributed by atoms with van der Waals surface area (Å²) in [6.07, 6.45) is 2.20. The minimum absolute atomic E-state index is 0.121. The molecule has 0 aliphatic carbocycles. The van der Waals surface area contributed by atoms with E-state index in [4.69, 9.17) is 16.9 Å². The van der Waals surface area contributed by atoms with Crippen molar-refractivity contribution in [1.82, 2.24) is 10.2 Å². The molecule has 1 amide bonds. The maximum atomic E-state index is 14.2. The van der Waals surface area contributed by atoms with Gasteiger partial charge in [0.15, 0.2) is 0 Å². The molecule has 0 saturated carbocycles. The van der Waals surface area contributed by atoms with E-state index in [-0.39, 0.29) is 11.9 Å². The minimum atomic E-state index is -0.480. The monoisotopic (exact) mass is 383 g/mol. The summed E-state index contributed by atoms with van der Waals surface area (Å²) in [5, 5.41) is 12.4. The minimum Gasteiger partial charge on any atom is -0.348 e. The molecular formula is C21H19ClFN3O. The second kappa shape index (κ2) is 7.30. The van der Waals surface area contributed by atoms with Crippen LogP contribution in [0.5, 0.6) is 0 Å². The third kappa shape index (κ3) is 3.69. The van der Waals surface area contributed by atoms with E-state index >= 15 is 0 Å². The lowest BCUT2D eigenvalue weighted by Gasteiger charge is -2.44. The normalized spacial score (nSPS) is 23.7. The highest BCUT2D eigenvalue weighted by Crippen LogP contribution is 2.29. The second-order valence-corrected chi connectivity index (χ2v) is 7.66. The molecule has 2 aromatic rings. The van der Waals surface area contributed by atoms with Crippen molar-refractivity contribution in [3.8, 4) is 17.2 Å². The Balaban J connectivity index is 1.58. The highest BCUT2D eigenvalue weighted by atomic mass is 35.5. The molecule has 27 heavy (non-hydrogen) atoms. The number of hydrogen-bond acceptors (Lipinski definition) is 3. The molecule has 2 bridgehead atoms. The van der Waals surface area contributed by atoms with Crippen LogP contribution in [0.25, 0.3) is 11.1 Å². The summed E-state index contributed by atoms with van der Waals surface area (Å²) >= 11 is 6.09. The fourth-order valence-electron chi connectivity index (χ4n) is 4.05. The second-order valence-electron chi connectivity index (χ2n) is 7.25. The number of hydrogen-bond donors (Lipinski definition) is 1. The lowest BCUT2D eigenvalue weighted by molar-refractivity contribution is 0.0620. The van der Waals surface area contributed by atoms with Crippen molar-refractivity contribution >= 4 is 17.5 Å². The van der Waals surface area contributed by atoms with Gasteiger partial charge in [0.05, 0.1) is 10.6 Å². The number of halogens is 2. The van der Waals surface area contributed by atoms with Gasteiger partial charge in [0.2, 0.25) is 0 Å². The quantitative estimate of drug-likeness (QED) is 0.876. The van der Waals surface area contributed by atoms with E-state index in [1.165, 1.54) is 12.1 Å². The fraction of sp³-hybridized carbons (Fsp3) is 0.333. The van der Waals surface area contributed by atoms with Gasteiger partial charge in [0, 0.05) is 18.2 Å². The molecule has 0 radical (unpaired) electrons. The number of nitrogens with zero attached hydrogens (tertiary/aromatic N) is 2. The van der Waals surface area contributed by atoms with Crippen LogP contribution >= 0.6 is 11.6 Å². The van der Waals surface area contributed by atoms with Crippen molar-refractivity contribution < 1.29 is 9.18 Å². The number of fused-ring (bicyclic) bond motifs is 3. The van der Waals surface area contributed by atoms with Crippen LogP contribution in [0.15, 0.2) is 36.4 Å². The van der Waals surface area contributed by atoms with Crippen LogP contribution in [-0.4, -0.2) is 36.5 Å². The van der Waals surface area contributed by atoms with Crippen LogP contribution in [0.1, 0.15) is 28.8 Å². The van der Waals surface area contributed by atoms with Crippen molar-refractivity contribution in [3.05, 3.63) is 58.4 Å². The molecule has 4 nitrogen and oxygen atoms in total. The van der Waals surface area contributed by atoms with E-state index in [1.807, 2.05) is 6.07 Å². The Labute approximate surface area is 162 Å². The Kier molecular flexibility index (Phi) is 4.86. The van der Waals surface area contributed by atoms with Crippen molar-refractivity contribution in [3.63, 3.8) is 0 Å². The average molecular weight is 384 g/mol. The van der Waals surface area contributed by atoms with Crippen LogP contribution in [0.2, 0.25) is 5.02 Å². The van der Waals surface area contributed by atoms with E-state index < -0.39 is 5.82 Å². The van der Waals surface area contributed by atoms with E-state index in [9.17, 15) is 9.18 Å². The number of nitrogens with one attached hydrogen (secondary N) is 1. The van der Waals surface area contributed by atoms with Crippen LogP contribution in [-0.2, 0) is 0 Å². The molecule has 1 unspecified atom stereocenters. The predicted octanol–water partition coefficient (Wildman–Crippen LogP) is 3.84. The van der Waals surface area contributed by atoms with E-state index in [2.05, 4.69) is 10.2 Å². The van der Waals surface area contributed by atoms with Gasteiger partial charge in [-0.1, -0.05) is 17.7 Å². The molecule has 0 spiro atoms. The summed E-state index contributed by atoms with van der Waals surface area (Å²) in [5.74, 6) is -0.231. The van der Waals surface area contributed by atoms with Crippen LogP contribution < -0.4 is 5.32 Å². The number of amides is 1. The number of benzene rings is 2. The van der Waals surface area contributed by atoms with Gasteiger partial charge in [-0.25, -0.2) is 4.39 Å². The summed E-state index contributed by atoms with van der Waals surface area (Å²) in [7, 11) is 0. The average Bonchev–Trinajstić information content (AvgIpc) is 2.68. The van der Waals surface area contributed by atoms with Gasteiger partial charge in [-0.3, -0.25) is 4.79 Å². The third-order valence-electron chi connectivity index (χ3n) is 5.56. The van der Waals surface area contributed by atoms with Gasteiger partial charge in [0.25, 0.3) is 5.91 Å². The Morgan fingerprint density at radius 3 is 2.59 bits per heavy atom. The first kappa shape index (κ1) is 18.0. The maximum Gasteiger partial charge on any atom is 0.251 e. The molecule has 0 aromatic heterocycles. The number of rotatable bonds is 3. The Bertz CT molecular complexity index is 932. The standard InChI is InChI=1S/C21H19ClFN3O/c22-19-10-14(1-2-15(19)11-24)16-7-17(9-18(23)8-16)21(27)25-20-12-26-5-3-13(20)4-6-26/h1-2,7-10,13,20H,3-6,12H2,(H,25,27). The Morgan fingerprint density at radius 1 is 1.19 bits per heavy atom. The number of carbonyl (C=O) groups is 1. The lowest BCUT2D eigenvalue weighted by Crippen LogP contribution is -2.57. The van der Waals surface area contributed by atoms with Gasteiger partial charge in [-0.15, -0.1) is 0 Å². The Hall–Kier alpha value is -2.42. The summed E-state index contributed by atoms with van der Waals surface area (Å²) < 4.78 is 14.2. The first-order valence-corrected chi connectivity index (χ1v) is 9.45. The molecule has 3 aliphatic rings. The lowest BCUT2D eigenvalue weighted by atomic mass is 9.84. The zero-order chi connectivity index (χ0) is 19.0. The molecule has 6 heteroatoms. The fourth-order valence-corrected chi connectivity index (χ4v) is 4.28.